The van der Waals surface area contributed by atoms with Crippen molar-refractivity contribution in [3.8, 4) is 0 Å². The van der Waals surface area contributed by atoms with E-state index in [1.54, 1.807) is 0 Å². The second-order valence-electron chi connectivity index (χ2n) is 3.72. The van der Waals surface area contributed by atoms with Crippen molar-refractivity contribution >= 4 is 21.7 Å². The van der Waals surface area contributed by atoms with Gasteiger partial charge in [-0.3, -0.25) is 4.79 Å². The molecule has 0 aliphatic heterocycles. The summed E-state index contributed by atoms with van der Waals surface area (Å²) in [5, 5.41) is 0. The molecule has 56 valence electrons. The number of carbonyl (C=O) groups is 1. The van der Waals surface area contributed by atoms with E-state index in [1.807, 2.05) is 0 Å². The van der Waals surface area contributed by atoms with Crippen molar-refractivity contribution in [2.24, 2.45) is 11.3 Å². The fourth-order valence-corrected chi connectivity index (χ4v) is 3.17. The van der Waals surface area contributed by atoms with Crippen LogP contribution in [0.2, 0.25) is 0 Å². The van der Waals surface area contributed by atoms with E-state index in [1.165, 1.54) is 6.42 Å². The molecule has 2 aliphatic carbocycles. The van der Waals surface area contributed by atoms with Gasteiger partial charge in [0.1, 0.15) is 0 Å². The molecule has 2 aliphatic rings. The Morgan fingerprint density at radius 2 is 2.40 bits per heavy atom. The van der Waals surface area contributed by atoms with E-state index in [4.69, 9.17) is 0 Å². The smallest absolute Gasteiger partial charge is 0.152 e. The van der Waals surface area contributed by atoms with Gasteiger partial charge in [-0.25, -0.2) is 0 Å². The fraction of sp³-hybridized carbons (Fsp3) is 0.875. The second kappa shape index (κ2) is 1.84. The van der Waals surface area contributed by atoms with Crippen LogP contribution >= 0.6 is 15.9 Å². The third kappa shape index (κ3) is 0.609. The quantitative estimate of drug-likeness (QED) is 0.551. The number of Topliss-reactive ketones (excluding diaryl/α,β-unsaturated/α-hetero) is 1. The lowest BCUT2D eigenvalue weighted by atomic mass is 9.63. The zero-order valence-corrected chi connectivity index (χ0v) is 7.65. The van der Waals surface area contributed by atoms with Crippen molar-refractivity contribution in [2.75, 3.05) is 0 Å². The zero-order chi connectivity index (χ0) is 7.35. The third-order valence-corrected chi connectivity index (χ3v) is 4.04. The average Bonchev–Trinajstić information content (AvgIpc) is 2.03. The Hall–Kier alpha value is 0.150. The van der Waals surface area contributed by atoms with E-state index < -0.39 is 0 Å². The van der Waals surface area contributed by atoms with Crippen LogP contribution in [0.25, 0.3) is 0 Å². The molecular weight excluding hydrogens is 192 g/mol. The second-order valence-corrected chi connectivity index (χ2v) is 4.83. The summed E-state index contributed by atoms with van der Waals surface area (Å²) in [6.45, 7) is 2.12. The molecule has 2 rings (SSSR count). The monoisotopic (exact) mass is 202 g/mol. The van der Waals surface area contributed by atoms with Crippen LogP contribution in [-0.2, 0) is 4.79 Å². The molecule has 1 nitrogen and oxygen atoms in total. The van der Waals surface area contributed by atoms with E-state index in [0.717, 1.165) is 12.8 Å². The van der Waals surface area contributed by atoms with Crippen LogP contribution in [0.5, 0.6) is 0 Å². The van der Waals surface area contributed by atoms with Gasteiger partial charge in [-0.15, -0.1) is 0 Å². The first kappa shape index (κ1) is 6.84. The van der Waals surface area contributed by atoms with Crippen LogP contribution in [0, 0.1) is 11.3 Å². The molecule has 2 unspecified atom stereocenters. The third-order valence-electron chi connectivity index (χ3n) is 3.25. The molecule has 0 bridgehead atoms. The molecule has 2 saturated carbocycles. The lowest BCUT2D eigenvalue weighted by Crippen LogP contribution is -2.38. The summed E-state index contributed by atoms with van der Waals surface area (Å²) in [6, 6.07) is 0. The number of hydrogen-bond donors (Lipinski definition) is 0. The first-order valence-electron chi connectivity index (χ1n) is 3.83. The summed E-state index contributed by atoms with van der Waals surface area (Å²) in [7, 11) is 0. The Kier molecular flexibility index (Phi) is 1.26. The van der Waals surface area contributed by atoms with Crippen molar-refractivity contribution < 1.29 is 4.79 Å². The van der Waals surface area contributed by atoms with Gasteiger partial charge in [-0.05, 0) is 25.2 Å². The molecule has 0 amide bonds. The Balaban J connectivity index is 2.28. The molecule has 0 heterocycles. The van der Waals surface area contributed by atoms with Gasteiger partial charge in [0.2, 0.25) is 0 Å². The molecule has 0 N–H and O–H groups in total. The van der Waals surface area contributed by atoms with Gasteiger partial charge in [0.25, 0.3) is 0 Å². The lowest BCUT2D eigenvalue weighted by Gasteiger charge is -2.40. The van der Waals surface area contributed by atoms with Crippen LogP contribution in [0.3, 0.4) is 0 Å². The van der Waals surface area contributed by atoms with Crippen molar-refractivity contribution in [3.63, 3.8) is 0 Å². The van der Waals surface area contributed by atoms with Crippen molar-refractivity contribution in [2.45, 2.75) is 31.0 Å². The van der Waals surface area contributed by atoms with E-state index in [2.05, 4.69) is 22.9 Å². The highest BCUT2D eigenvalue weighted by Crippen LogP contribution is 2.56. The molecule has 0 radical (unpaired) electrons. The number of halogens is 1. The Bertz CT molecular complexity index is 190. The summed E-state index contributed by atoms with van der Waals surface area (Å²) in [6.07, 6.45) is 3.47. The minimum absolute atomic E-state index is 0.0775. The van der Waals surface area contributed by atoms with Crippen molar-refractivity contribution in [1.82, 2.24) is 0 Å². The van der Waals surface area contributed by atoms with Gasteiger partial charge in [-0.1, -0.05) is 22.9 Å². The summed E-state index contributed by atoms with van der Waals surface area (Å²) < 4.78 is 0. The molecule has 0 aromatic carbocycles. The highest BCUT2D eigenvalue weighted by atomic mass is 79.9. The minimum atomic E-state index is 0.0775. The zero-order valence-electron chi connectivity index (χ0n) is 6.06. The minimum Gasteiger partial charge on any atom is -0.298 e. The molecular formula is C8H11BrO. The average molecular weight is 203 g/mol. The standard InChI is InChI=1S/C8H11BrO/c1-8-3-2-5(8)4-6(9)7(8)10/h5-6H,2-4H2,1H3/t5?,6?,8-/m1/s1. The van der Waals surface area contributed by atoms with Gasteiger partial charge in [0.15, 0.2) is 5.78 Å². The van der Waals surface area contributed by atoms with Crippen molar-refractivity contribution in [3.05, 3.63) is 0 Å². The SMILES string of the molecule is C[C@@]12CCC1CC(Br)C2=O. The Labute approximate surface area is 69.3 Å². The molecule has 0 saturated heterocycles. The summed E-state index contributed by atoms with van der Waals surface area (Å²) >= 11 is 3.41. The van der Waals surface area contributed by atoms with E-state index in [0.29, 0.717) is 11.7 Å². The maximum atomic E-state index is 11.4. The van der Waals surface area contributed by atoms with Gasteiger partial charge < -0.3 is 0 Å². The molecule has 0 aromatic heterocycles. The van der Waals surface area contributed by atoms with Crippen molar-refractivity contribution in [1.29, 1.82) is 0 Å². The Morgan fingerprint density at radius 3 is 2.60 bits per heavy atom. The first-order chi connectivity index (χ1) is 4.64. The molecule has 0 spiro atoms. The number of rotatable bonds is 0. The largest absolute Gasteiger partial charge is 0.298 e. The van der Waals surface area contributed by atoms with E-state index in [9.17, 15) is 4.79 Å². The van der Waals surface area contributed by atoms with Gasteiger partial charge >= 0.3 is 0 Å². The van der Waals surface area contributed by atoms with E-state index in [-0.39, 0.29) is 10.2 Å². The topological polar surface area (TPSA) is 17.1 Å². The highest BCUT2D eigenvalue weighted by molar-refractivity contribution is 9.10. The number of hydrogen-bond acceptors (Lipinski definition) is 1. The molecule has 0 aromatic rings. The number of ketones is 1. The summed E-state index contributed by atoms with van der Waals surface area (Å²) in [5.74, 6) is 1.15. The van der Waals surface area contributed by atoms with Crippen LogP contribution in [0.4, 0.5) is 0 Å². The number of fused-ring (bicyclic) bond motifs is 1. The number of carbonyl (C=O) groups excluding carboxylic acids is 1. The molecule has 2 heteroatoms. The summed E-state index contributed by atoms with van der Waals surface area (Å²) in [4.78, 5) is 11.6. The first-order valence-corrected chi connectivity index (χ1v) is 4.74. The van der Waals surface area contributed by atoms with E-state index >= 15 is 0 Å². The maximum absolute atomic E-state index is 11.4. The summed E-state index contributed by atoms with van der Waals surface area (Å²) in [5.41, 5.74) is 0.0775. The molecule has 10 heavy (non-hydrogen) atoms. The van der Waals surface area contributed by atoms with Crippen LogP contribution in [-0.4, -0.2) is 10.6 Å². The van der Waals surface area contributed by atoms with Gasteiger partial charge in [0.05, 0.1) is 4.83 Å². The normalized spacial score (nSPS) is 52.4. The van der Waals surface area contributed by atoms with Gasteiger partial charge in [0, 0.05) is 5.41 Å². The van der Waals surface area contributed by atoms with Crippen LogP contribution < -0.4 is 0 Å². The lowest BCUT2D eigenvalue weighted by molar-refractivity contribution is -0.130. The Morgan fingerprint density at radius 1 is 1.70 bits per heavy atom. The molecule has 3 atom stereocenters. The predicted molar refractivity (Wildman–Crippen MR) is 43.2 cm³/mol. The molecule has 2 fully saturated rings. The van der Waals surface area contributed by atoms with Gasteiger partial charge in [-0.2, -0.15) is 0 Å². The highest BCUT2D eigenvalue weighted by Gasteiger charge is 2.55. The predicted octanol–water partition coefficient (Wildman–Crippen LogP) is 2.14. The fourth-order valence-electron chi connectivity index (χ4n) is 2.20. The number of alkyl halides is 1. The maximum Gasteiger partial charge on any atom is 0.152 e. The van der Waals surface area contributed by atoms with Crippen LogP contribution in [0.15, 0.2) is 0 Å². The van der Waals surface area contributed by atoms with Crippen LogP contribution in [0.1, 0.15) is 26.2 Å².